The molecule has 1 aliphatic heterocycles. The standard InChI is InChI=1S/C18H27NO5/c1-5-24-18(20)14-8-6-7-11-19(14)12-13-9-10-15(21-2)17(23-4)16(13)22-3/h9-10,14H,5-8,11-12H2,1-4H3/p+1/t14-/m1/s1. The summed E-state index contributed by atoms with van der Waals surface area (Å²) in [7, 11) is 4.82. The molecule has 1 aromatic carbocycles. The lowest BCUT2D eigenvalue weighted by Crippen LogP contribution is -3.16. The van der Waals surface area contributed by atoms with Crippen molar-refractivity contribution in [1.29, 1.82) is 0 Å². The molecule has 1 aromatic rings. The van der Waals surface area contributed by atoms with Gasteiger partial charge in [-0.15, -0.1) is 0 Å². The fourth-order valence-electron chi connectivity index (χ4n) is 3.36. The zero-order chi connectivity index (χ0) is 17.5. The summed E-state index contributed by atoms with van der Waals surface area (Å²) in [6.07, 6.45) is 3.04. The molecule has 0 aromatic heterocycles. The van der Waals surface area contributed by atoms with E-state index in [0.717, 1.165) is 31.4 Å². The van der Waals surface area contributed by atoms with Crippen molar-refractivity contribution in [2.45, 2.75) is 38.8 Å². The maximum absolute atomic E-state index is 12.3. The molecule has 134 valence electrons. The monoisotopic (exact) mass is 338 g/mol. The molecule has 1 heterocycles. The van der Waals surface area contributed by atoms with Crippen LogP contribution in [0.15, 0.2) is 12.1 Å². The van der Waals surface area contributed by atoms with Crippen molar-refractivity contribution in [2.24, 2.45) is 0 Å². The van der Waals surface area contributed by atoms with E-state index < -0.39 is 0 Å². The van der Waals surface area contributed by atoms with Gasteiger partial charge < -0.3 is 23.8 Å². The smallest absolute Gasteiger partial charge is 0.364 e. The Hall–Kier alpha value is -1.95. The number of esters is 1. The molecule has 2 atom stereocenters. The first-order valence-corrected chi connectivity index (χ1v) is 8.45. The van der Waals surface area contributed by atoms with E-state index in [4.69, 9.17) is 18.9 Å². The van der Waals surface area contributed by atoms with E-state index in [-0.39, 0.29) is 12.0 Å². The van der Waals surface area contributed by atoms with Gasteiger partial charge in [0, 0.05) is 6.42 Å². The minimum atomic E-state index is -0.114. The minimum absolute atomic E-state index is 0.105. The van der Waals surface area contributed by atoms with Gasteiger partial charge in [-0.25, -0.2) is 4.79 Å². The van der Waals surface area contributed by atoms with Crippen LogP contribution in [0, 0.1) is 0 Å². The number of quaternary nitrogens is 1. The van der Waals surface area contributed by atoms with Gasteiger partial charge in [0.15, 0.2) is 17.5 Å². The quantitative estimate of drug-likeness (QED) is 0.758. The summed E-state index contributed by atoms with van der Waals surface area (Å²) >= 11 is 0. The Labute approximate surface area is 143 Å². The van der Waals surface area contributed by atoms with Crippen LogP contribution in [0.4, 0.5) is 0 Å². The van der Waals surface area contributed by atoms with Gasteiger partial charge in [-0.05, 0) is 31.9 Å². The number of hydrogen-bond acceptors (Lipinski definition) is 5. The van der Waals surface area contributed by atoms with Crippen LogP contribution in [0.2, 0.25) is 0 Å². The Kier molecular flexibility index (Phi) is 6.73. The summed E-state index contributed by atoms with van der Waals surface area (Å²) < 4.78 is 21.6. The van der Waals surface area contributed by atoms with Gasteiger partial charge in [0.25, 0.3) is 0 Å². The molecule has 0 bridgehead atoms. The molecule has 0 radical (unpaired) electrons. The second-order valence-corrected chi connectivity index (χ2v) is 5.88. The number of rotatable bonds is 7. The molecule has 1 saturated heterocycles. The Bertz CT molecular complexity index is 561. The summed E-state index contributed by atoms with van der Waals surface area (Å²) in [5, 5.41) is 0. The highest BCUT2D eigenvalue weighted by atomic mass is 16.5. The van der Waals surface area contributed by atoms with Gasteiger partial charge in [0.2, 0.25) is 5.75 Å². The number of likely N-dealkylation sites (tertiary alicyclic amines) is 1. The number of nitrogens with one attached hydrogen (secondary N) is 1. The lowest BCUT2D eigenvalue weighted by atomic mass is 10.0. The second-order valence-electron chi connectivity index (χ2n) is 5.88. The van der Waals surface area contributed by atoms with Gasteiger partial charge in [0.05, 0.1) is 40.0 Å². The first kappa shape index (κ1) is 18.4. The van der Waals surface area contributed by atoms with Crippen molar-refractivity contribution < 1.29 is 28.6 Å². The number of piperidine rings is 1. The topological polar surface area (TPSA) is 58.4 Å². The van der Waals surface area contributed by atoms with Gasteiger partial charge in [-0.2, -0.15) is 0 Å². The zero-order valence-corrected chi connectivity index (χ0v) is 15.0. The maximum atomic E-state index is 12.3. The van der Waals surface area contributed by atoms with Crippen molar-refractivity contribution >= 4 is 5.97 Å². The van der Waals surface area contributed by atoms with Crippen molar-refractivity contribution in [2.75, 3.05) is 34.5 Å². The van der Waals surface area contributed by atoms with Crippen LogP contribution < -0.4 is 19.1 Å². The second kappa shape index (κ2) is 8.78. The SMILES string of the molecule is CCOC(=O)[C@H]1CCCC[NH+]1Cc1ccc(OC)c(OC)c1OC. The molecule has 24 heavy (non-hydrogen) atoms. The third-order valence-electron chi connectivity index (χ3n) is 4.51. The molecule has 1 unspecified atom stereocenters. The summed E-state index contributed by atoms with van der Waals surface area (Å²) in [4.78, 5) is 13.5. The van der Waals surface area contributed by atoms with Crippen LogP contribution in [-0.4, -0.2) is 46.5 Å². The van der Waals surface area contributed by atoms with Crippen molar-refractivity contribution in [1.82, 2.24) is 0 Å². The van der Waals surface area contributed by atoms with Crippen molar-refractivity contribution in [3.8, 4) is 17.2 Å². The lowest BCUT2D eigenvalue weighted by molar-refractivity contribution is -0.935. The third-order valence-corrected chi connectivity index (χ3v) is 4.51. The fraction of sp³-hybridized carbons (Fsp3) is 0.611. The highest BCUT2D eigenvalue weighted by molar-refractivity contribution is 5.74. The van der Waals surface area contributed by atoms with Crippen molar-refractivity contribution in [3.05, 3.63) is 17.7 Å². The van der Waals surface area contributed by atoms with E-state index >= 15 is 0 Å². The average molecular weight is 338 g/mol. The normalized spacial score (nSPS) is 20.3. The number of hydrogen-bond donors (Lipinski definition) is 1. The number of ether oxygens (including phenoxy) is 4. The van der Waals surface area contributed by atoms with Gasteiger partial charge in [0.1, 0.15) is 6.54 Å². The summed E-state index contributed by atoms with van der Waals surface area (Å²) in [5.74, 6) is 1.78. The highest BCUT2D eigenvalue weighted by Gasteiger charge is 2.34. The Morgan fingerprint density at radius 1 is 1.12 bits per heavy atom. The average Bonchev–Trinajstić information content (AvgIpc) is 2.61. The van der Waals surface area contributed by atoms with Crippen LogP contribution in [0.25, 0.3) is 0 Å². The van der Waals surface area contributed by atoms with E-state index in [1.807, 2.05) is 19.1 Å². The van der Waals surface area contributed by atoms with Gasteiger partial charge in [-0.1, -0.05) is 0 Å². The van der Waals surface area contributed by atoms with Crippen molar-refractivity contribution in [3.63, 3.8) is 0 Å². The molecule has 1 aliphatic rings. The number of carbonyl (C=O) groups excluding carboxylic acids is 1. The molecular weight excluding hydrogens is 310 g/mol. The molecule has 1 N–H and O–H groups in total. The molecule has 0 aliphatic carbocycles. The van der Waals surface area contributed by atoms with Crippen LogP contribution in [0.3, 0.4) is 0 Å². The zero-order valence-electron chi connectivity index (χ0n) is 15.0. The third kappa shape index (κ3) is 3.93. The number of benzene rings is 1. The minimum Gasteiger partial charge on any atom is -0.493 e. The summed E-state index contributed by atoms with van der Waals surface area (Å²) in [6, 6.07) is 3.74. The number of methoxy groups -OCH3 is 3. The van der Waals surface area contributed by atoms with E-state index in [0.29, 0.717) is 30.4 Å². The molecular formula is C18H28NO5+. The first-order chi connectivity index (χ1) is 11.7. The highest BCUT2D eigenvalue weighted by Crippen LogP contribution is 2.39. The maximum Gasteiger partial charge on any atom is 0.364 e. The Balaban J connectivity index is 2.26. The molecule has 1 fully saturated rings. The van der Waals surface area contributed by atoms with E-state index in [9.17, 15) is 4.79 Å². The Morgan fingerprint density at radius 2 is 1.88 bits per heavy atom. The van der Waals surface area contributed by atoms with Gasteiger partial charge in [-0.3, -0.25) is 0 Å². The van der Waals surface area contributed by atoms with Crippen LogP contribution in [-0.2, 0) is 16.1 Å². The van der Waals surface area contributed by atoms with E-state index in [1.54, 1.807) is 21.3 Å². The predicted octanol–water partition coefficient (Wildman–Crippen LogP) is 1.21. The molecule has 0 spiro atoms. The molecule has 0 saturated carbocycles. The largest absolute Gasteiger partial charge is 0.493 e. The van der Waals surface area contributed by atoms with Crippen LogP contribution in [0.1, 0.15) is 31.7 Å². The van der Waals surface area contributed by atoms with E-state index in [1.165, 1.54) is 4.90 Å². The Morgan fingerprint density at radius 3 is 2.50 bits per heavy atom. The first-order valence-electron chi connectivity index (χ1n) is 8.45. The predicted molar refractivity (Wildman–Crippen MR) is 89.9 cm³/mol. The molecule has 6 nitrogen and oxygen atoms in total. The number of carbonyl (C=O) groups is 1. The molecule has 6 heteroatoms. The molecule has 2 rings (SSSR count). The van der Waals surface area contributed by atoms with Gasteiger partial charge >= 0.3 is 5.97 Å². The summed E-state index contributed by atoms with van der Waals surface area (Å²) in [6.45, 7) is 3.90. The molecule has 0 amide bonds. The van der Waals surface area contributed by atoms with Crippen LogP contribution >= 0.6 is 0 Å². The summed E-state index contributed by atoms with van der Waals surface area (Å²) in [5.41, 5.74) is 1.00. The van der Waals surface area contributed by atoms with E-state index in [2.05, 4.69) is 0 Å². The van der Waals surface area contributed by atoms with Crippen LogP contribution in [0.5, 0.6) is 17.2 Å². The fourth-order valence-corrected chi connectivity index (χ4v) is 3.36. The lowest BCUT2D eigenvalue weighted by Gasteiger charge is -2.31.